The van der Waals surface area contributed by atoms with Crippen molar-refractivity contribution in [2.24, 2.45) is 5.92 Å². The Hall–Kier alpha value is -1.26. The van der Waals surface area contributed by atoms with Gasteiger partial charge in [0.1, 0.15) is 0 Å². The van der Waals surface area contributed by atoms with E-state index in [4.69, 9.17) is 34.8 Å². The molecule has 2 aromatic rings. The average molecular weight is 412 g/mol. The molecule has 1 fully saturated rings. The molecule has 2 aromatic carbocycles. The minimum Gasteiger partial charge on any atom is -0.326 e. The molecule has 1 N–H and O–H groups in total. The van der Waals surface area contributed by atoms with Crippen molar-refractivity contribution in [3.63, 3.8) is 0 Å². The highest BCUT2D eigenvalue weighted by Crippen LogP contribution is 2.26. The lowest BCUT2D eigenvalue weighted by Crippen LogP contribution is -2.40. The Morgan fingerprint density at radius 2 is 1.96 bits per heavy atom. The van der Waals surface area contributed by atoms with Crippen LogP contribution in [-0.2, 0) is 11.3 Å². The maximum atomic E-state index is 12.6. The maximum Gasteiger partial charge on any atom is 0.228 e. The van der Waals surface area contributed by atoms with Crippen LogP contribution in [0, 0.1) is 12.8 Å². The van der Waals surface area contributed by atoms with Crippen LogP contribution in [0.2, 0.25) is 15.1 Å². The van der Waals surface area contributed by atoms with Gasteiger partial charge in [0.15, 0.2) is 0 Å². The Balaban J connectivity index is 1.62. The summed E-state index contributed by atoms with van der Waals surface area (Å²) >= 11 is 18.4. The number of aryl methyl sites for hydroxylation is 1. The van der Waals surface area contributed by atoms with Crippen LogP contribution in [0.1, 0.15) is 24.0 Å². The number of anilines is 1. The lowest BCUT2D eigenvalue weighted by atomic mass is 9.96. The van der Waals surface area contributed by atoms with Gasteiger partial charge in [0, 0.05) is 33.8 Å². The third-order valence-corrected chi connectivity index (χ3v) is 5.72. The highest BCUT2D eigenvalue weighted by atomic mass is 35.5. The third kappa shape index (κ3) is 4.92. The summed E-state index contributed by atoms with van der Waals surface area (Å²) in [6.07, 6.45) is 1.87. The molecule has 0 aliphatic carbocycles. The summed E-state index contributed by atoms with van der Waals surface area (Å²) in [5, 5.41) is 4.94. The van der Waals surface area contributed by atoms with E-state index in [0.29, 0.717) is 21.6 Å². The van der Waals surface area contributed by atoms with Crippen LogP contribution in [-0.4, -0.2) is 23.9 Å². The van der Waals surface area contributed by atoms with Gasteiger partial charge in [-0.25, -0.2) is 0 Å². The Kier molecular flexibility index (Phi) is 6.46. The first kappa shape index (κ1) is 19.5. The van der Waals surface area contributed by atoms with E-state index in [1.165, 1.54) is 0 Å². The molecule has 1 heterocycles. The Morgan fingerprint density at radius 3 is 2.69 bits per heavy atom. The number of carbonyl (C=O) groups excluding carboxylic acids is 1. The molecule has 6 heteroatoms. The van der Waals surface area contributed by atoms with Crippen LogP contribution in [0.15, 0.2) is 36.4 Å². The first-order valence-corrected chi connectivity index (χ1v) is 9.79. The first-order chi connectivity index (χ1) is 12.4. The van der Waals surface area contributed by atoms with Gasteiger partial charge in [-0.1, -0.05) is 46.9 Å². The number of amides is 1. The van der Waals surface area contributed by atoms with Gasteiger partial charge >= 0.3 is 0 Å². The summed E-state index contributed by atoms with van der Waals surface area (Å²) in [5.74, 6) is -0.00766. The SMILES string of the molecule is Cc1ccc(NC(=O)[C@@H]2CCCN(Cc3ccc(Cl)cc3Cl)C2)cc1Cl. The number of hydrogen-bond acceptors (Lipinski definition) is 2. The smallest absolute Gasteiger partial charge is 0.228 e. The van der Waals surface area contributed by atoms with E-state index in [9.17, 15) is 4.79 Å². The van der Waals surface area contributed by atoms with Gasteiger partial charge in [-0.05, 0) is 61.7 Å². The minimum absolute atomic E-state index is 0.0387. The molecule has 1 aliphatic rings. The number of hydrogen-bond donors (Lipinski definition) is 1. The zero-order valence-corrected chi connectivity index (χ0v) is 16.8. The van der Waals surface area contributed by atoms with E-state index in [0.717, 1.165) is 42.7 Å². The van der Waals surface area contributed by atoms with Crippen molar-refractivity contribution in [1.82, 2.24) is 4.90 Å². The second kappa shape index (κ2) is 8.62. The largest absolute Gasteiger partial charge is 0.326 e. The van der Waals surface area contributed by atoms with Crippen LogP contribution in [0.4, 0.5) is 5.69 Å². The second-order valence-corrected chi connectivity index (χ2v) is 8.01. The fraction of sp³-hybridized carbons (Fsp3) is 0.350. The quantitative estimate of drug-likeness (QED) is 0.689. The highest BCUT2D eigenvalue weighted by molar-refractivity contribution is 6.35. The molecule has 26 heavy (non-hydrogen) atoms. The van der Waals surface area contributed by atoms with Crippen molar-refractivity contribution in [2.75, 3.05) is 18.4 Å². The molecular weight excluding hydrogens is 391 g/mol. The van der Waals surface area contributed by atoms with Crippen molar-refractivity contribution >= 4 is 46.4 Å². The van der Waals surface area contributed by atoms with E-state index in [1.807, 2.05) is 31.2 Å². The molecular formula is C20H21Cl3N2O. The summed E-state index contributed by atoms with van der Waals surface area (Å²) in [7, 11) is 0. The second-order valence-electron chi connectivity index (χ2n) is 6.76. The van der Waals surface area contributed by atoms with E-state index >= 15 is 0 Å². The number of piperidine rings is 1. The Bertz CT molecular complexity index is 810. The molecule has 0 spiro atoms. The number of nitrogens with one attached hydrogen (secondary N) is 1. The molecule has 3 nitrogen and oxygen atoms in total. The molecule has 0 saturated carbocycles. The molecule has 0 aromatic heterocycles. The third-order valence-electron chi connectivity index (χ3n) is 4.72. The molecule has 1 aliphatic heterocycles. The number of likely N-dealkylation sites (tertiary alicyclic amines) is 1. The number of benzene rings is 2. The van der Waals surface area contributed by atoms with Gasteiger partial charge < -0.3 is 5.32 Å². The zero-order valence-electron chi connectivity index (χ0n) is 14.6. The van der Waals surface area contributed by atoms with Crippen LogP contribution in [0.5, 0.6) is 0 Å². The van der Waals surface area contributed by atoms with Gasteiger partial charge in [0.05, 0.1) is 5.92 Å². The lowest BCUT2D eigenvalue weighted by molar-refractivity contribution is -0.121. The molecule has 1 atom stereocenters. The standard InChI is InChI=1S/C20H21Cl3N2O/c1-13-4-7-17(10-18(13)22)24-20(26)15-3-2-8-25(12-15)11-14-5-6-16(21)9-19(14)23/h4-7,9-10,15H,2-3,8,11-12H2,1H3,(H,24,26)/t15-/m1/s1. The summed E-state index contributed by atoms with van der Waals surface area (Å²) in [6.45, 7) is 4.33. The normalized spacial score (nSPS) is 17.9. The van der Waals surface area contributed by atoms with E-state index < -0.39 is 0 Å². The van der Waals surface area contributed by atoms with Crippen molar-refractivity contribution in [3.05, 3.63) is 62.6 Å². The molecule has 1 saturated heterocycles. The fourth-order valence-electron chi connectivity index (χ4n) is 3.22. The van der Waals surface area contributed by atoms with Crippen molar-refractivity contribution in [1.29, 1.82) is 0 Å². The van der Waals surface area contributed by atoms with Crippen LogP contribution >= 0.6 is 34.8 Å². The topological polar surface area (TPSA) is 32.3 Å². The fourth-order valence-corrected chi connectivity index (χ4v) is 3.87. The minimum atomic E-state index is -0.0464. The van der Waals surface area contributed by atoms with E-state index in [-0.39, 0.29) is 11.8 Å². The Morgan fingerprint density at radius 1 is 1.15 bits per heavy atom. The van der Waals surface area contributed by atoms with Gasteiger partial charge in [-0.2, -0.15) is 0 Å². The monoisotopic (exact) mass is 410 g/mol. The zero-order chi connectivity index (χ0) is 18.7. The molecule has 1 amide bonds. The molecule has 138 valence electrons. The number of carbonyl (C=O) groups is 1. The highest BCUT2D eigenvalue weighted by Gasteiger charge is 2.26. The van der Waals surface area contributed by atoms with Gasteiger partial charge in [0.2, 0.25) is 5.91 Å². The molecule has 0 unspecified atom stereocenters. The first-order valence-electron chi connectivity index (χ1n) is 8.65. The number of halogens is 3. The Labute approximate surface area is 169 Å². The summed E-state index contributed by atoms with van der Waals surface area (Å²) < 4.78 is 0. The molecule has 0 radical (unpaired) electrons. The predicted molar refractivity (Wildman–Crippen MR) is 109 cm³/mol. The predicted octanol–water partition coefficient (Wildman–Crippen LogP) is 5.81. The molecule has 3 rings (SSSR count). The van der Waals surface area contributed by atoms with E-state index in [2.05, 4.69) is 10.2 Å². The van der Waals surface area contributed by atoms with Crippen molar-refractivity contribution in [2.45, 2.75) is 26.3 Å². The van der Waals surface area contributed by atoms with Crippen LogP contribution < -0.4 is 5.32 Å². The van der Waals surface area contributed by atoms with Crippen LogP contribution in [0.25, 0.3) is 0 Å². The maximum absolute atomic E-state index is 12.6. The summed E-state index contributed by atoms with van der Waals surface area (Å²) in [4.78, 5) is 14.9. The van der Waals surface area contributed by atoms with Gasteiger partial charge in [0.25, 0.3) is 0 Å². The van der Waals surface area contributed by atoms with Crippen LogP contribution in [0.3, 0.4) is 0 Å². The number of rotatable bonds is 4. The van der Waals surface area contributed by atoms with Crippen molar-refractivity contribution in [3.8, 4) is 0 Å². The van der Waals surface area contributed by atoms with Gasteiger partial charge in [-0.3, -0.25) is 9.69 Å². The molecule has 0 bridgehead atoms. The van der Waals surface area contributed by atoms with Gasteiger partial charge in [-0.15, -0.1) is 0 Å². The lowest BCUT2D eigenvalue weighted by Gasteiger charge is -2.32. The summed E-state index contributed by atoms with van der Waals surface area (Å²) in [6, 6.07) is 11.1. The average Bonchev–Trinajstić information content (AvgIpc) is 2.61. The summed E-state index contributed by atoms with van der Waals surface area (Å²) in [5.41, 5.74) is 2.76. The van der Waals surface area contributed by atoms with Crippen molar-refractivity contribution < 1.29 is 4.79 Å². The number of nitrogens with zero attached hydrogens (tertiary/aromatic N) is 1. The van der Waals surface area contributed by atoms with E-state index in [1.54, 1.807) is 12.1 Å².